The molecule has 1 unspecified atom stereocenters. The van der Waals surface area contributed by atoms with Crippen LogP contribution in [0, 0.1) is 0 Å². The highest BCUT2D eigenvalue weighted by Gasteiger charge is 2.27. The van der Waals surface area contributed by atoms with Crippen molar-refractivity contribution < 1.29 is 14.2 Å². The van der Waals surface area contributed by atoms with Gasteiger partial charge in [-0.2, -0.15) is 4.98 Å². The topological polar surface area (TPSA) is 78.4 Å². The number of hydrogen-bond acceptors (Lipinski definition) is 8. The zero-order valence-electron chi connectivity index (χ0n) is 14.8. The summed E-state index contributed by atoms with van der Waals surface area (Å²) < 4.78 is 18.1. The van der Waals surface area contributed by atoms with E-state index in [0.29, 0.717) is 22.5 Å². The molecule has 0 spiro atoms. The van der Waals surface area contributed by atoms with Crippen molar-refractivity contribution in [3.05, 3.63) is 46.4 Å². The van der Waals surface area contributed by atoms with Crippen LogP contribution >= 0.6 is 27.7 Å². The molecule has 1 aromatic heterocycles. The van der Waals surface area contributed by atoms with E-state index in [1.54, 1.807) is 0 Å². The maximum atomic E-state index is 6.26. The summed E-state index contributed by atoms with van der Waals surface area (Å²) in [6.45, 7) is 2.27. The number of fused-ring (bicyclic) bond motifs is 4. The maximum absolute atomic E-state index is 6.26. The second-order valence-electron chi connectivity index (χ2n) is 6.13. The third-order valence-corrected chi connectivity index (χ3v) is 5.57. The summed E-state index contributed by atoms with van der Waals surface area (Å²) in [5.74, 6) is 2.73. The van der Waals surface area contributed by atoms with Gasteiger partial charge in [-0.05, 0) is 42.2 Å². The summed E-state index contributed by atoms with van der Waals surface area (Å²) in [7, 11) is 0. The van der Waals surface area contributed by atoms with Crippen LogP contribution in [0.15, 0.2) is 46.0 Å². The molecule has 0 saturated heterocycles. The predicted octanol–water partition coefficient (Wildman–Crippen LogP) is 4.64. The highest BCUT2D eigenvalue weighted by atomic mass is 79.9. The van der Waals surface area contributed by atoms with Crippen LogP contribution in [0.4, 0.5) is 5.69 Å². The molecule has 0 aliphatic carbocycles. The van der Waals surface area contributed by atoms with Gasteiger partial charge in [0.15, 0.2) is 23.4 Å². The number of aromatic nitrogens is 3. The summed E-state index contributed by atoms with van der Waals surface area (Å²) in [4.78, 5) is 4.60. The molecule has 7 nitrogen and oxygen atoms in total. The number of nitrogens with one attached hydrogen (secondary N) is 1. The van der Waals surface area contributed by atoms with Crippen molar-refractivity contribution in [1.82, 2.24) is 15.2 Å². The summed E-state index contributed by atoms with van der Waals surface area (Å²) in [6.07, 6.45) is -0.466. The third kappa shape index (κ3) is 3.14. The molecular formula is C19H15BrN4O3S. The van der Waals surface area contributed by atoms with E-state index in [-0.39, 0.29) is 6.79 Å². The Morgan fingerprint density at radius 2 is 2.04 bits per heavy atom. The Morgan fingerprint density at radius 1 is 1.14 bits per heavy atom. The molecule has 2 aliphatic heterocycles. The van der Waals surface area contributed by atoms with Crippen molar-refractivity contribution in [3.8, 4) is 28.6 Å². The van der Waals surface area contributed by atoms with Gasteiger partial charge in [-0.3, -0.25) is 0 Å². The van der Waals surface area contributed by atoms with Crippen LogP contribution in [-0.2, 0) is 0 Å². The molecule has 2 aliphatic rings. The first-order valence-electron chi connectivity index (χ1n) is 8.71. The molecule has 0 radical (unpaired) electrons. The molecule has 1 N–H and O–H groups in total. The van der Waals surface area contributed by atoms with Crippen molar-refractivity contribution in [2.24, 2.45) is 0 Å². The number of ether oxygens (including phenoxy) is 3. The summed E-state index contributed by atoms with van der Waals surface area (Å²) >= 11 is 5.05. The van der Waals surface area contributed by atoms with Crippen LogP contribution < -0.4 is 19.5 Å². The van der Waals surface area contributed by atoms with Gasteiger partial charge >= 0.3 is 0 Å². The molecule has 5 rings (SSSR count). The van der Waals surface area contributed by atoms with Crippen molar-refractivity contribution in [2.45, 2.75) is 18.3 Å². The number of thioether (sulfide) groups is 1. The number of halogens is 1. The summed E-state index contributed by atoms with van der Waals surface area (Å²) in [5, 5.41) is 12.7. The number of nitrogens with zero attached hydrogens (tertiary/aromatic N) is 3. The second-order valence-corrected chi connectivity index (χ2v) is 8.27. The molecular weight excluding hydrogens is 444 g/mol. The Hall–Kier alpha value is -2.52. The van der Waals surface area contributed by atoms with Crippen LogP contribution in [-0.4, -0.2) is 27.7 Å². The number of benzene rings is 2. The minimum atomic E-state index is -0.466. The highest BCUT2D eigenvalue weighted by Crippen LogP contribution is 2.42. The molecule has 1 atom stereocenters. The molecule has 3 heterocycles. The summed E-state index contributed by atoms with van der Waals surface area (Å²) in [6, 6.07) is 11.7. The first-order valence-corrected chi connectivity index (χ1v) is 10.5. The fraction of sp³-hybridized carbons (Fsp3) is 0.211. The SMILES string of the molecule is CCSc1nnc2c(n1)OC(c1ccc3c(c1)OCO3)Nc1ccc(Br)cc1-2. The van der Waals surface area contributed by atoms with E-state index < -0.39 is 6.23 Å². The van der Waals surface area contributed by atoms with Gasteiger partial charge in [0, 0.05) is 21.3 Å². The Kier molecular flexibility index (Phi) is 4.48. The van der Waals surface area contributed by atoms with Gasteiger partial charge in [0.1, 0.15) is 0 Å². The maximum Gasteiger partial charge on any atom is 0.247 e. The van der Waals surface area contributed by atoms with Crippen LogP contribution in [0.25, 0.3) is 11.3 Å². The predicted molar refractivity (Wildman–Crippen MR) is 109 cm³/mol. The van der Waals surface area contributed by atoms with Crippen LogP contribution in [0.2, 0.25) is 0 Å². The first kappa shape index (κ1) is 17.6. The standard InChI is InChI=1S/C19H15BrN4O3S/c1-2-28-19-22-18-16(23-24-19)12-8-11(20)4-5-13(12)21-17(27-18)10-3-6-14-15(7-10)26-9-25-14/h3-8,17,21H,2,9H2,1H3. The van der Waals surface area contributed by atoms with E-state index in [9.17, 15) is 0 Å². The van der Waals surface area contributed by atoms with Crippen molar-refractivity contribution >= 4 is 33.4 Å². The molecule has 0 fully saturated rings. The lowest BCUT2D eigenvalue weighted by molar-refractivity contribution is 0.173. The number of hydrogen-bond donors (Lipinski definition) is 1. The van der Waals surface area contributed by atoms with E-state index >= 15 is 0 Å². The molecule has 2 aromatic carbocycles. The van der Waals surface area contributed by atoms with Gasteiger partial charge in [0.25, 0.3) is 0 Å². The average Bonchev–Trinajstić information content (AvgIpc) is 3.11. The molecule has 0 bridgehead atoms. The van der Waals surface area contributed by atoms with Gasteiger partial charge in [0.05, 0.1) is 0 Å². The molecule has 3 aromatic rings. The van der Waals surface area contributed by atoms with E-state index in [2.05, 4.69) is 36.4 Å². The fourth-order valence-electron chi connectivity index (χ4n) is 3.09. The van der Waals surface area contributed by atoms with Gasteiger partial charge in [-0.15, -0.1) is 10.2 Å². The zero-order chi connectivity index (χ0) is 19.1. The normalized spacial score (nSPS) is 16.4. The molecule has 142 valence electrons. The minimum absolute atomic E-state index is 0.228. The van der Waals surface area contributed by atoms with Gasteiger partial charge in [0.2, 0.25) is 17.8 Å². The number of rotatable bonds is 3. The van der Waals surface area contributed by atoms with E-state index in [1.807, 2.05) is 43.3 Å². The van der Waals surface area contributed by atoms with E-state index in [4.69, 9.17) is 14.2 Å². The lowest BCUT2D eigenvalue weighted by atomic mass is 10.1. The molecule has 0 saturated carbocycles. The van der Waals surface area contributed by atoms with Gasteiger partial charge < -0.3 is 19.5 Å². The molecule has 9 heteroatoms. The second kappa shape index (κ2) is 7.14. The lowest BCUT2D eigenvalue weighted by Crippen LogP contribution is -2.17. The van der Waals surface area contributed by atoms with Crippen molar-refractivity contribution in [2.75, 3.05) is 17.9 Å². The van der Waals surface area contributed by atoms with E-state index in [1.165, 1.54) is 11.8 Å². The first-order chi connectivity index (χ1) is 13.7. The fourth-order valence-corrected chi connectivity index (χ4v) is 3.95. The Balaban J connectivity index is 1.62. The van der Waals surface area contributed by atoms with Crippen LogP contribution in [0.1, 0.15) is 18.7 Å². The molecule has 0 amide bonds. The average molecular weight is 459 g/mol. The van der Waals surface area contributed by atoms with Crippen LogP contribution in [0.3, 0.4) is 0 Å². The third-order valence-electron chi connectivity index (χ3n) is 4.36. The van der Waals surface area contributed by atoms with Crippen molar-refractivity contribution in [3.63, 3.8) is 0 Å². The Labute approximate surface area is 174 Å². The quantitative estimate of drug-likeness (QED) is 0.568. The Bertz CT molecular complexity index is 1070. The van der Waals surface area contributed by atoms with Gasteiger partial charge in [-0.25, -0.2) is 0 Å². The highest BCUT2D eigenvalue weighted by molar-refractivity contribution is 9.10. The van der Waals surface area contributed by atoms with Crippen LogP contribution in [0.5, 0.6) is 17.4 Å². The Morgan fingerprint density at radius 3 is 2.93 bits per heavy atom. The van der Waals surface area contributed by atoms with E-state index in [0.717, 1.165) is 32.8 Å². The lowest BCUT2D eigenvalue weighted by Gasteiger charge is -2.19. The van der Waals surface area contributed by atoms with Gasteiger partial charge in [-0.1, -0.05) is 34.6 Å². The minimum Gasteiger partial charge on any atom is -0.454 e. The summed E-state index contributed by atoms with van der Waals surface area (Å²) in [5.41, 5.74) is 3.26. The van der Waals surface area contributed by atoms with Crippen molar-refractivity contribution in [1.29, 1.82) is 0 Å². The molecule has 28 heavy (non-hydrogen) atoms. The smallest absolute Gasteiger partial charge is 0.247 e. The zero-order valence-corrected chi connectivity index (χ0v) is 17.2. The largest absolute Gasteiger partial charge is 0.454 e. The number of anilines is 1. The monoisotopic (exact) mass is 458 g/mol.